The molecular weight excluding hydrogens is 322 g/mol. The van der Waals surface area contributed by atoms with Gasteiger partial charge in [-0.3, -0.25) is 0 Å². The average molecular weight is 364 g/mol. The van der Waals surface area contributed by atoms with Crippen LogP contribution in [0, 0.1) is 0 Å². The van der Waals surface area contributed by atoms with Crippen LogP contribution in [0.15, 0.2) is 0 Å². The Balaban J connectivity index is 4.63. The van der Waals surface area contributed by atoms with Gasteiger partial charge in [-0.25, -0.2) is 0 Å². The maximum atomic E-state index is 6.15. The molecule has 3 nitrogen and oxygen atoms in total. The maximum Gasteiger partial charge on any atom is 0.334 e. The molecule has 0 atom stereocenters. The van der Waals surface area contributed by atoms with E-state index in [9.17, 15) is 0 Å². The summed E-state index contributed by atoms with van der Waals surface area (Å²) in [5.74, 6) is 0. The fraction of sp³-hybridized carbons (Fsp3) is 1.00. The second-order valence-electron chi connectivity index (χ2n) is 8.43. The summed E-state index contributed by atoms with van der Waals surface area (Å²) in [6.45, 7) is 24.4. The molecule has 0 aliphatic rings. The van der Waals surface area contributed by atoms with Crippen molar-refractivity contribution in [2.45, 2.75) is 85.0 Å². The molecule has 0 fully saturated rings. The monoisotopic (exact) mass is 363 g/mol. The summed E-state index contributed by atoms with van der Waals surface area (Å²) >= 11 is 0. The first-order chi connectivity index (χ1) is 9.96. The molecule has 0 aromatic rings. The van der Waals surface area contributed by atoms with E-state index in [1.165, 1.54) is 13.0 Å². The lowest BCUT2D eigenvalue weighted by Gasteiger charge is -2.44. The van der Waals surface area contributed by atoms with E-state index in [1.807, 2.05) is 0 Å². The lowest BCUT2D eigenvalue weighted by molar-refractivity contribution is 0.172. The lowest BCUT2D eigenvalue weighted by atomic mass is 10.5. The van der Waals surface area contributed by atoms with Gasteiger partial charge in [0.05, 0.1) is 0 Å². The highest BCUT2D eigenvalue weighted by Gasteiger charge is 2.36. The fourth-order valence-corrected chi connectivity index (χ4v) is 15.2. The van der Waals surface area contributed by atoms with Crippen LogP contribution >= 0.6 is 0 Å². The highest BCUT2D eigenvalue weighted by Crippen LogP contribution is 2.23. The van der Waals surface area contributed by atoms with E-state index in [1.54, 1.807) is 0 Å². The molecule has 0 amide bonds. The van der Waals surface area contributed by atoms with E-state index in [-0.39, 0.29) is 0 Å². The topological polar surface area (TPSA) is 21.7 Å². The van der Waals surface area contributed by atoms with Gasteiger partial charge in [-0.1, -0.05) is 53.1 Å². The Morgan fingerprint density at radius 2 is 1.14 bits per heavy atom. The number of rotatable bonds is 12. The quantitative estimate of drug-likeness (QED) is 0.441. The molecule has 0 radical (unpaired) electrons. The minimum absolute atomic E-state index is 0.845. The van der Waals surface area contributed by atoms with Gasteiger partial charge in [-0.2, -0.15) is 0 Å². The molecule has 0 spiro atoms. The SMILES string of the molecule is CCCO[Si](C)(CCCN([Si](C)(C)C)[Si](C)(C)C)OCCC. The largest absolute Gasteiger partial charge is 0.394 e. The van der Waals surface area contributed by atoms with E-state index < -0.39 is 25.0 Å². The van der Waals surface area contributed by atoms with E-state index in [0.29, 0.717) is 0 Å². The zero-order valence-corrected chi connectivity index (χ0v) is 19.7. The summed E-state index contributed by atoms with van der Waals surface area (Å²) in [7, 11) is -4.45. The number of nitrogens with zero attached hydrogens (tertiary/aromatic N) is 1. The van der Waals surface area contributed by atoms with Gasteiger partial charge in [0.25, 0.3) is 0 Å². The predicted octanol–water partition coefficient (Wildman–Crippen LogP) is 5.27. The number of hydrogen-bond donors (Lipinski definition) is 0. The Hall–Kier alpha value is 0.531. The minimum atomic E-state index is -1.97. The summed E-state index contributed by atoms with van der Waals surface area (Å²) in [6.07, 6.45) is 3.37. The van der Waals surface area contributed by atoms with Gasteiger partial charge >= 0.3 is 8.56 Å². The molecular formula is C16H41NO2Si3. The highest BCUT2D eigenvalue weighted by atomic mass is 28.4. The third kappa shape index (κ3) is 8.98. The zero-order valence-electron chi connectivity index (χ0n) is 16.7. The first-order valence-electron chi connectivity index (χ1n) is 9.02. The van der Waals surface area contributed by atoms with Crippen molar-refractivity contribution in [3.8, 4) is 0 Å². The molecule has 0 aromatic heterocycles. The summed E-state index contributed by atoms with van der Waals surface area (Å²) < 4.78 is 15.2. The van der Waals surface area contributed by atoms with Gasteiger partial charge in [-0.05, 0) is 38.4 Å². The third-order valence-electron chi connectivity index (χ3n) is 3.86. The average Bonchev–Trinajstić information content (AvgIpc) is 2.36. The van der Waals surface area contributed by atoms with Crippen LogP contribution in [0.1, 0.15) is 33.1 Å². The van der Waals surface area contributed by atoms with E-state index in [2.05, 4.69) is 63.9 Å². The standard InChI is InChI=1S/C16H41NO2Si3/c1-10-14-18-22(9,19-15-11-2)16-12-13-17(20(3,4)5)21(6,7)8/h10-16H2,1-9H3. The van der Waals surface area contributed by atoms with Crippen LogP contribution in [0.3, 0.4) is 0 Å². The second kappa shape index (κ2) is 9.74. The smallest absolute Gasteiger partial charge is 0.334 e. The van der Waals surface area contributed by atoms with Crippen LogP contribution in [0.5, 0.6) is 0 Å². The van der Waals surface area contributed by atoms with Crippen LogP contribution in [0.25, 0.3) is 0 Å². The second-order valence-corrected chi connectivity index (χ2v) is 22.0. The van der Waals surface area contributed by atoms with Crippen molar-refractivity contribution in [1.82, 2.24) is 4.23 Å². The molecule has 0 aliphatic carbocycles. The lowest BCUT2D eigenvalue weighted by Crippen LogP contribution is -2.59. The molecule has 0 aromatic carbocycles. The van der Waals surface area contributed by atoms with Gasteiger partial charge in [0.15, 0.2) is 0 Å². The third-order valence-corrected chi connectivity index (χ3v) is 14.5. The molecule has 134 valence electrons. The van der Waals surface area contributed by atoms with Crippen LogP contribution in [0.2, 0.25) is 51.9 Å². The van der Waals surface area contributed by atoms with E-state index in [0.717, 1.165) is 32.1 Å². The molecule has 0 N–H and O–H groups in total. The van der Waals surface area contributed by atoms with Gasteiger partial charge in [0.1, 0.15) is 16.5 Å². The normalized spacial score (nSPS) is 13.9. The van der Waals surface area contributed by atoms with Crippen molar-refractivity contribution in [3.63, 3.8) is 0 Å². The van der Waals surface area contributed by atoms with Crippen molar-refractivity contribution >= 4 is 25.0 Å². The molecule has 0 heterocycles. The van der Waals surface area contributed by atoms with Gasteiger partial charge in [0, 0.05) is 13.2 Å². The summed E-state index contributed by atoms with van der Waals surface area (Å²) in [6, 6.07) is 1.12. The molecule has 22 heavy (non-hydrogen) atoms. The van der Waals surface area contributed by atoms with Crippen molar-refractivity contribution in [1.29, 1.82) is 0 Å². The number of hydrogen-bond acceptors (Lipinski definition) is 3. The Morgan fingerprint density at radius 1 is 0.727 bits per heavy atom. The van der Waals surface area contributed by atoms with Crippen LogP contribution in [0.4, 0.5) is 0 Å². The van der Waals surface area contributed by atoms with Crippen LogP contribution in [-0.4, -0.2) is 49.0 Å². The highest BCUT2D eigenvalue weighted by molar-refractivity contribution is 6.89. The van der Waals surface area contributed by atoms with Crippen molar-refractivity contribution in [2.24, 2.45) is 0 Å². The van der Waals surface area contributed by atoms with E-state index >= 15 is 0 Å². The first-order valence-corrected chi connectivity index (χ1v) is 18.4. The Kier molecular flexibility index (Phi) is 9.97. The molecule has 0 saturated carbocycles. The van der Waals surface area contributed by atoms with Crippen LogP contribution in [-0.2, 0) is 8.85 Å². The summed E-state index contributed by atoms with van der Waals surface area (Å²) in [5, 5.41) is 0. The zero-order chi connectivity index (χ0) is 17.4. The van der Waals surface area contributed by atoms with Crippen molar-refractivity contribution < 1.29 is 8.85 Å². The predicted molar refractivity (Wildman–Crippen MR) is 107 cm³/mol. The molecule has 0 saturated heterocycles. The molecule has 0 rings (SSSR count). The summed E-state index contributed by atoms with van der Waals surface area (Å²) in [4.78, 5) is 0. The molecule has 0 aliphatic heterocycles. The van der Waals surface area contributed by atoms with E-state index in [4.69, 9.17) is 8.85 Å². The van der Waals surface area contributed by atoms with Crippen molar-refractivity contribution in [2.75, 3.05) is 19.8 Å². The summed E-state index contributed by atoms with van der Waals surface area (Å²) in [5.41, 5.74) is 0. The molecule has 0 unspecified atom stereocenters. The fourth-order valence-electron chi connectivity index (χ4n) is 3.06. The van der Waals surface area contributed by atoms with Gasteiger partial charge in [-0.15, -0.1) is 0 Å². The van der Waals surface area contributed by atoms with Crippen LogP contribution < -0.4 is 0 Å². The van der Waals surface area contributed by atoms with Crippen molar-refractivity contribution in [3.05, 3.63) is 0 Å². The van der Waals surface area contributed by atoms with Gasteiger partial charge < -0.3 is 13.1 Å². The minimum Gasteiger partial charge on any atom is -0.394 e. The van der Waals surface area contributed by atoms with Gasteiger partial charge in [0.2, 0.25) is 0 Å². The Labute approximate surface area is 143 Å². The Morgan fingerprint density at radius 3 is 1.45 bits per heavy atom. The maximum absolute atomic E-state index is 6.15. The first kappa shape index (κ1) is 22.5. The Bertz CT molecular complexity index is 279. The molecule has 6 heteroatoms. The molecule has 0 bridgehead atoms.